The number of methoxy groups -OCH3 is 4. The lowest BCUT2D eigenvalue weighted by atomic mass is 9.67. The highest BCUT2D eigenvalue weighted by Crippen LogP contribution is 2.45. The van der Waals surface area contributed by atoms with Gasteiger partial charge < -0.3 is 18.9 Å². The summed E-state index contributed by atoms with van der Waals surface area (Å²) in [5, 5.41) is 0. The first kappa shape index (κ1) is 26.9. The van der Waals surface area contributed by atoms with Gasteiger partial charge in [-0.1, -0.05) is 24.3 Å². The van der Waals surface area contributed by atoms with Crippen molar-refractivity contribution in [2.75, 3.05) is 28.4 Å². The van der Waals surface area contributed by atoms with Crippen LogP contribution in [0.15, 0.2) is 48.6 Å². The Hall–Kier alpha value is -3.68. The van der Waals surface area contributed by atoms with Crippen LogP contribution >= 0.6 is 0 Å². The van der Waals surface area contributed by atoms with Crippen LogP contribution in [0.1, 0.15) is 36.8 Å². The SMILES string of the molecule is COc1ccc(/C=C/C(=O)C2(C(=O)/C=C/c3ccc(OC)c(OC)c3)CCC(F)(F)CC2)cc1OC. The number of hydrogen-bond acceptors (Lipinski definition) is 6. The zero-order chi connectivity index (χ0) is 26.3. The van der Waals surface area contributed by atoms with Crippen LogP contribution in [-0.2, 0) is 9.59 Å². The van der Waals surface area contributed by atoms with E-state index in [1.807, 2.05) is 0 Å². The molecule has 0 aliphatic heterocycles. The van der Waals surface area contributed by atoms with Crippen molar-refractivity contribution in [1.82, 2.24) is 0 Å². The van der Waals surface area contributed by atoms with Crippen LogP contribution in [0.4, 0.5) is 8.78 Å². The van der Waals surface area contributed by atoms with E-state index < -0.39 is 35.7 Å². The molecular weight excluding hydrogens is 470 g/mol. The van der Waals surface area contributed by atoms with E-state index in [2.05, 4.69) is 0 Å². The Kier molecular flexibility index (Phi) is 8.50. The van der Waals surface area contributed by atoms with E-state index in [1.54, 1.807) is 48.6 Å². The summed E-state index contributed by atoms with van der Waals surface area (Å²) >= 11 is 0. The van der Waals surface area contributed by atoms with Gasteiger partial charge in [-0.2, -0.15) is 0 Å². The second-order valence-corrected chi connectivity index (χ2v) is 8.56. The highest BCUT2D eigenvalue weighted by Gasteiger charge is 2.50. The number of carbonyl (C=O) groups excluding carboxylic acids is 2. The number of ether oxygens (including phenoxy) is 4. The summed E-state index contributed by atoms with van der Waals surface area (Å²) in [5.74, 6) is -1.89. The van der Waals surface area contributed by atoms with Crippen molar-refractivity contribution in [3.05, 3.63) is 59.7 Å². The van der Waals surface area contributed by atoms with Crippen molar-refractivity contribution in [2.45, 2.75) is 31.6 Å². The van der Waals surface area contributed by atoms with E-state index in [-0.39, 0.29) is 12.8 Å². The molecular formula is C28H30F2O6. The molecule has 0 aromatic heterocycles. The fraction of sp³-hybridized carbons (Fsp3) is 0.357. The Morgan fingerprint density at radius 3 is 1.42 bits per heavy atom. The molecule has 0 saturated heterocycles. The highest BCUT2D eigenvalue weighted by atomic mass is 19.3. The van der Waals surface area contributed by atoms with Crippen molar-refractivity contribution < 1.29 is 37.3 Å². The molecule has 1 saturated carbocycles. The number of hydrogen-bond donors (Lipinski definition) is 0. The van der Waals surface area contributed by atoms with Gasteiger partial charge in [-0.15, -0.1) is 0 Å². The number of allylic oxidation sites excluding steroid dienone is 2. The van der Waals surface area contributed by atoms with Crippen molar-refractivity contribution in [1.29, 1.82) is 0 Å². The molecule has 6 nitrogen and oxygen atoms in total. The third kappa shape index (κ3) is 5.93. The molecule has 2 aromatic carbocycles. The highest BCUT2D eigenvalue weighted by molar-refractivity contribution is 6.17. The van der Waals surface area contributed by atoms with Crippen LogP contribution in [0.2, 0.25) is 0 Å². The van der Waals surface area contributed by atoms with Crippen molar-refractivity contribution >= 4 is 23.7 Å². The quantitative estimate of drug-likeness (QED) is 0.304. The predicted molar refractivity (Wildman–Crippen MR) is 133 cm³/mol. The summed E-state index contributed by atoms with van der Waals surface area (Å²) in [6.07, 6.45) is 4.14. The van der Waals surface area contributed by atoms with Gasteiger partial charge >= 0.3 is 0 Å². The smallest absolute Gasteiger partial charge is 0.248 e. The zero-order valence-electron chi connectivity index (χ0n) is 20.8. The monoisotopic (exact) mass is 500 g/mol. The first-order chi connectivity index (χ1) is 17.2. The molecule has 0 spiro atoms. The van der Waals surface area contributed by atoms with Crippen LogP contribution in [0.3, 0.4) is 0 Å². The topological polar surface area (TPSA) is 71.1 Å². The van der Waals surface area contributed by atoms with Crippen LogP contribution in [0.25, 0.3) is 12.2 Å². The van der Waals surface area contributed by atoms with Crippen LogP contribution in [-0.4, -0.2) is 45.9 Å². The summed E-state index contributed by atoms with van der Waals surface area (Å²) in [5.41, 5.74) is -0.266. The molecule has 1 aliphatic rings. The number of alkyl halides is 2. The average molecular weight is 501 g/mol. The van der Waals surface area contributed by atoms with Gasteiger partial charge in [-0.3, -0.25) is 9.59 Å². The van der Waals surface area contributed by atoms with E-state index in [9.17, 15) is 18.4 Å². The molecule has 0 unspecified atom stereocenters. The molecule has 2 aromatic rings. The van der Waals surface area contributed by atoms with E-state index in [0.29, 0.717) is 34.1 Å². The van der Waals surface area contributed by atoms with Gasteiger partial charge in [0.1, 0.15) is 0 Å². The lowest BCUT2D eigenvalue weighted by Crippen LogP contribution is -2.43. The number of ketones is 2. The Morgan fingerprint density at radius 1 is 0.667 bits per heavy atom. The molecule has 1 fully saturated rings. The summed E-state index contributed by atoms with van der Waals surface area (Å²) in [7, 11) is 6.02. The molecule has 0 atom stereocenters. The maximum atomic E-state index is 14.0. The molecule has 0 bridgehead atoms. The zero-order valence-corrected chi connectivity index (χ0v) is 20.8. The van der Waals surface area contributed by atoms with Crippen molar-refractivity contribution in [2.24, 2.45) is 5.41 Å². The van der Waals surface area contributed by atoms with Crippen LogP contribution in [0, 0.1) is 5.41 Å². The Labute approximate surface area is 209 Å². The first-order valence-electron chi connectivity index (χ1n) is 11.4. The van der Waals surface area contributed by atoms with Gasteiger partial charge in [0.2, 0.25) is 5.92 Å². The molecule has 0 heterocycles. The summed E-state index contributed by atoms with van der Waals surface area (Å²) in [6, 6.07) is 10.2. The molecule has 1 aliphatic carbocycles. The minimum atomic E-state index is -2.90. The van der Waals surface area contributed by atoms with E-state index >= 15 is 0 Å². The minimum absolute atomic E-state index is 0.232. The van der Waals surface area contributed by atoms with Crippen molar-refractivity contribution in [3.63, 3.8) is 0 Å². The van der Waals surface area contributed by atoms with Gasteiger partial charge in [0.05, 0.1) is 33.9 Å². The minimum Gasteiger partial charge on any atom is -0.493 e. The van der Waals surface area contributed by atoms with Gasteiger partial charge in [0.25, 0.3) is 0 Å². The normalized spacial score (nSPS) is 16.6. The third-order valence-corrected chi connectivity index (χ3v) is 6.45. The van der Waals surface area contributed by atoms with E-state index in [1.165, 1.54) is 40.6 Å². The Balaban J connectivity index is 1.88. The molecule has 36 heavy (non-hydrogen) atoms. The number of benzene rings is 2. The third-order valence-electron chi connectivity index (χ3n) is 6.45. The standard InChI is InChI=1S/C28H30F2O6/c1-33-21-9-5-19(17-23(21)35-3)7-11-25(31)27(13-15-28(29,30)16-14-27)26(32)12-8-20-6-10-22(34-2)24(18-20)36-4/h5-12,17-18H,13-16H2,1-4H3/b11-7+,12-8+. The fourth-order valence-corrected chi connectivity index (χ4v) is 4.23. The van der Waals surface area contributed by atoms with Crippen molar-refractivity contribution in [3.8, 4) is 23.0 Å². The Bertz CT molecular complexity index is 1080. The maximum Gasteiger partial charge on any atom is 0.248 e. The Morgan fingerprint density at radius 2 is 1.06 bits per heavy atom. The van der Waals surface area contributed by atoms with E-state index in [0.717, 1.165) is 0 Å². The van der Waals surface area contributed by atoms with E-state index in [4.69, 9.17) is 18.9 Å². The number of carbonyl (C=O) groups is 2. The molecule has 192 valence electrons. The second-order valence-electron chi connectivity index (χ2n) is 8.56. The maximum absolute atomic E-state index is 14.0. The summed E-state index contributed by atoms with van der Waals surface area (Å²) in [6.45, 7) is 0. The van der Waals surface area contributed by atoms with Gasteiger partial charge in [-0.05, 0) is 60.4 Å². The molecule has 0 radical (unpaired) electrons. The van der Waals surface area contributed by atoms with Gasteiger partial charge in [-0.25, -0.2) is 8.78 Å². The largest absolute Gasteiger partial charge is 0.493 e. The fourth-order valence-electron chi connectivity index (χ4n) is 4.23. The average Bonchev–Trinajstić information content (AvgIpc) is 2.90. The summed E-state index contributed by atoms with van der Waals surface area (Å²) in [4.78, 5) is 26.7. The lowest BCUT2D eigenvalue weighted by Gasteiger charge is -2.36. The van der Waals surface area contributed by atoms with Gasteiger partial charge in [0.15, 0.2) is 34.6 Å². The molecule has 0 amide bonds. The molecule has 0 N–H and O–H groups in total. The van der Waals surface area contributed by atoms with Crippen LogP contribution in [0.5, 0.6) is 23.0 Å². The van der Waals surface area contributed by atoms with Gasteiger partial charge in [0, 0.05) is 12.8 Å². The number of rotatable bonds is 10. The van der Waals surface area contributed by atoms with Crippen LogP contribution < -0.4 is 18.9 Å². The number of halogens is 2. The first-order valence-corrected chi connectivity index (χ1v) is 11.4. The summed E-state index contributed by atoms with van der Waals surface area (Å²) < 4.78 is 48.9. The predicted octanol–water partition coefficient (Wildman–Crippen LogP) is 5.78. The molecule has 3 rings (SSSR count). The second kappa shape index (κ2) is 11.4. The molecule has 8 heteroatoms. The lowest BCUT2D eigenvalue weighted by molar-refractivity contribution is -0.143.